The molecule has 16 nitrogen and oxygen atoms in total. The molecule has 0 amide bonds. The number of aryl methyl sites for hydroxylation is 26. The topological polar surface area (TPSA) is 228 Å². The quantitative estimate of drug-likeness (QED) is 0.0576. The van der Waals surface area contributed by atoms with Crippen molar-refractivity contribution in [2.45, 2.75) is 187 Å². The molecule has 0 aliphatic carbocycles. The molecule has 0 radical (unpaired) electrons. The Balaban J connectivity index is 0.000000166. The van der Waals surface area contributed by atoms with Gasteiger partial charge in [-0.3, -0.25) is 9.97 Å². The molecule has 0 aliphatic rings. The number of benzene rings is 4. The van der Waals surface area contributed by atoms with Gasteiger partial charge < -0.3 is 29.1 Å². The number of aliphatic hydroxyl groups is 1. The van der Waals surface area contributed by atoms with Crippen molar-refractivity contribution in [1.82, 2.24) is 53.2 Å². The third-order valence-corrected chi connectivity index (χ3v) is 22.8. The van der Waals surface area contributed by atoms with Crippen molar-refractivity contribution in [3.05, 3.63) is 407 Å². The van der Waals surface area contributed by atoms with Crippen LogP contribution in [0, 0.1) is 131 Å². The Morgan fingerprint density at radius 1 is 0.278 bits per heavy atom. The third-order valence-electron chi connectivity index (χ3n) is 21.5. The zero-order valence-corrected chi connectivity index (χ0v) is 80.0. The minimum atomic E-state index is 0.561. The second-order valence-electron chi connectivity index (χ2n) is 32.4. The number of hydrogen-bond donors (Lipinski definition) is 2. The summed E-state index contributed by atoms with van der Waals surface area (Å²) in [5.41, 5.74) is 38.5. The first-order chi connectivity index (χ1) is 60.6. The van der Waals surface area contributed by atoms with Gasteiger partial charge in [0.1, 0.15) is 29.1 Å². The highest BCUT2D eigenvalue weighted by molar-refractivity contribution is 9.11. The first kappa shape index (κ1) is 95.9. The number of nitrogen functional groups attached to an aromatic ring is 1. The lowest BCUT2D eigenvalue weighted by Gasteiger charge is -2.12. The molecule has 11 heterocycles. The molecule has 19 heteroatoms. The lowest BCUT2D eigenvalue weighted by Crippen LogP contribution is -2.05. The van der Waals surface area contributed by atoms with E-state index in [-0.39, 0.29) is 0 Å². The summed E-state index contributed by atoms with van der Waals surface area (Å²) in [6, 6.07) is 81.6. The minimum Gasteiger partial charge on any atom is -0.400 e. The molecule has 15 aromatic rings. The normalized spacial score (nSPS) is 10.6. The van der Waals surface area contributed by atoms with Crippen LogP contribution in [0.4, 0.5) is 5.82 Å². The van der Waals surface area contributed by atoms with E-state index in [1.54, 1.807) is 0 Å². The molecular weight excluding hydrogens is 1750 g/mol. The fraction of sp³-hybridized carbons (Fsp3) is 0.271. The monoisotopic (exact) mass is 1860 g/mol. The van der Waals surface area contributed by atoms with Gasteiger partial charge in [0.2, 0.25) is 0 Å². The van der Waals surface area contributed by atoms with Crippen molar-refractivity contribution >= 4 is 53.6 Å². The Labute approximate surface area is 770 Å². The molecule has 0 atom stereocenters. The number of anilines is 1. The average Bonchev–Trinajstić information content (AvgIpc) is 1.66. The van der Waals surface area contributed by atoms with Gasteiger partial charge in [-0.2, -0.15) is 15.8 Å². The summed E-state index contributed by atoms with van der Waals surface area (Å²) in [6.45, 7) is 29.4. The SMILES string of the molecule is CO.Cc1cc(C)nc(-n2c(C)ccc2C)c1.Cc1cc(CCc2cc(Br)cc(Br)c2)nc(-n2c(C)ccc2C)c1.Cc1cc(CCc2cc(Br)cc(C#N)c2)nc(-n2c(C)ccc2C)c1.Cc1cc(CCc2cc(C#N)cc(CCCc3ccccn3)c2)nc(-n2c(C)ccc2C)c1.Cc1cc(N)nc(CCc2cc(C#N)cc(CCCc3ccccn3)c2)c1. The first-order valence-corrected chi connectivity index (χ1v) is 45.2. The summed E-state index contributed by atoms with van der Waals surface area (Å²) in [5, 5.41) is 35.0. The van der Waals surface area contributed by atoms with Crippen molar-refractivity contribution in [1.29, 1.82) is 15.8 Å². The van der Waals surface area contributed by atoms with Crippen LogP contribution in [0.25, 0.3) is 23.3 Å². The molecule has 0 aliphatic heterocycles. The van der Waals surface area contributed by atoms with E-state index in [1.807, 2.05) is 93.0 Å². The second kappa shape index (κ2) is 47.2. The van der Waals surface area contributed by atoms with E-state index in [4.69, 9.17) is 31.1 Å². The van der Waals surface area contributed by atoms with Gasteiger partial charge in [-0.05, 0) is 442 Å². The van der Waals surface area contributed by atoms with Crippen molar-refractivity contribution in [3.8, 4) is 41.5 Å². The fourth-order valence-corrected chi connectivity index (χ4v) is 17.7. The van der Waals surface area contributed by atoms with Gasteiger partial charge in [-0.25, -0.2) is 24.9 Å². The number of halogens is 3. The van der Waals surface area contributed by atoms with Crippen molar-refractivity contribution < 1.29 is 5.11 Å². The van der Waals surface area contributed by atoms with Crippen LogP contribution in [0.3, 0.4) is 0 Å². The van der Waals surface area contributed by atoms with Crippen LogP contribution in [-0.2, 0) is 77.0 Å². The highest BCUT2D eigenvalue weighted by Crippen LogP contribution is 2.27. The fourth-order valence-electron chi connectivity index (χ4n) is 15.8. The smallest absolute Gasteiger partial charge is 0.137 e. The summed E-state index contributed by atoms with van der Waals surface area (Å²) < 4.78 is 11.9. The Kier molecular flexibility index (Phi) is 35.9. The van der Waals surface area contributed by atoms with Crippen LogP contribution in [0.1, 0.15) is 176 Å². The van der Waals surface area contributed by atoms with E-state index in [1.165, 1.54) is 95.6 Å². The van der Waals surface area contributed by atoms with Crippen LogP contribution < -0.4 is 5.73 Å². The maximum atomic E-state index is 9.53. The Bertz CT molecular complexity index is 6170. The number of pyridine rings is 7. The molecule has 3 N–H and O–H groups in total. The highest BCUT2D eigenvalue weighted by atomic mass is 79.9. The largest absolute Gasteiger partial charge is 0.400 e. The molecule has 0 bridgehead atoms. The Morgan fingerprint density at radius 2 is 0.556 bits per heavy atom. The van der Waals surface area contributed by atoms with Crippen LogP contribution >= 0.6 is 47.8 Å². The van der Waals surface area contributed by atoms with Crippen LogP contribution in [-0.4, -0.2) is 65.4 Å². The first-order valence-electron chi connectivity index (χ1n) is 42.8. The predicted octanol–water partition coefficient (Wildman–Crippen LogP) is 24.3. The summed E-state index contributed by atoms with van der Waals surface area (Å²) in [7, 11) is 1.00. The summed E-state index contributed by atoms with van der Waals surface area (Å²) in [4.78, 5) is 32.5. The van der Waals surface area contributed by atoms with Gasteiger partial charge in [-0.1, -0.05) is 72.1 Å². The average molecular weight is 1870 g/mol. The zero-order valence-electron chi connectivity index (χ0n) is 75.3. The Hall–Kier alpha value is -12.3. The third kappa shape index (κ3) is 28.9. The number of nitrogens with two attached hydrogens (primary N) is 1. The predicted molar refractivity (Wildman–Crippen MR) is 523 cm³/mol. The van der Waals surface area contributed by atoms with Gasteiger partial charge in [0, 0.05) is 118 Å². The molecule has 0 fully saturated rings. The molecule has 4 aromatic carbocycles. The van der Waals surface area contributed by atoms with Crippen LogP contribution in [0.2, 0.25) is 0 Å². The van der Waals surface area contributed by atoms with E-state index < -0.39 is 0 Å². The molecular formula is C107H114Br3N15O. The van der Waals surface area contributed by atoms with E-state index >= 15 is 0 Å². The molecule has 15 rings (SSSR count). The van der Waals surface area contributed by atoms with Gasteiger partial charge in [0.25, 0.3) is 0 Å². The summed E-state index contributed by atoms with van der Waals surface area (Å²) in [5.74, 6) is 4.55. The summed E-state index contributed by atoms with van der Waals surface area (Å²) >= 11 is 10.6. The van der Waals surface area contributed by atoms with Gasteiger partial charge in [0.15, 0.2) is 0 Å². The molecule has 644 valence electrons. The van der Waals surface area contributed by atoms with Crippen molar-refractivity contribution in [2.24, 2.45) is 0 Å². The maximum Gasteiger partial charge on any atom is 0.137 e. The lowest BCUT2D eigenvalue weighted by molar-refractivity contribution is 0.399. The van der Waals surface area contributed by atoms with E-state index in [0.717, 1.165) is 196 Å². The van der Waals surface area contributed by atoms with E-state index in [2.05, 4.69) is 339 Å². The van der Waals surface area contributed by atoms with Gasteiger partial charge >= 0.3 is 0 Å². The molecule has 0 saturated carbocycles. The Morgan fingerprint density at radius 3 is 0.865 bits per heavy atom. The second-order valence-corrected chi connectivity index (χ2v) is 35.1. The van der Waals surface area contributed by atoms with Crippen LogP contribution in [0.5, 0.6) is 0 Å². The number of rotatable bonds is 24. The minimum absolute atomic E-state index is 0.561. The molecule has 0 saturated heterocycles. The van der Waals surface area contributed by atoms with Gasteiger partial charge in [0.05, 0.1) is 34.9 Å². The molecule has 11 aromatic heterocycles. The summed E-state index contributed by atoms with van der Waals surface area (Å²) in [6.07, 6.45) is 16.4. The van der Waals surface area contributed by atoms with Gasteiger partial charge in [-0.15, -0.1) is 0 Å². The van der Waals surface area contributed by atoms with E-state index in [9.17, 15) is 10.5 Å². The number of nitrogens with zero attached hydrogens (tertiary/aromatic N) is 14. The molecule has 0 spiro atoms. The number of nitriles is 3. The number of hydrogen-bond acceptors (Lipinski definition) is 12. The lowest BCUT2D eigenvalue weighted by atomic mass is 9.98. The zero-order chi connectivity index (χ0) is 90.5. The standard InChI is InChI=1S/C29H30N4.C23H24N4.C21H20BrN3.C20H20Br2N2.C13H16N2.CH4O/c1-21-15-28(32-29(16-21)33-22(2)10-11-23(33)3)13-12-25-17-24(18-26(19-25)20-30)7-6-9-27-8-4-5-14-31-27;1-17-11-22(27-23(25)12-17)9-8-19-13-18(14-20(15-19)16-24)5-4-7-21-6-2-3-10-26-21;1-14-8-20(7-6-17-10-18(13-23)12-19(22)11-17)24-21(9-14)25-15(2)4-5-16(25)3;1-13-8-19(7-6-16-10-17(21)12-18(22)11-16)23-20(9-13)24-14(2)4-5-15(24)3;1-9-7-10(2)14-13(8-9)15-11(3)5-6-12(15)4;1-2/h4-5,8,10-11,14-19H,6-7,9,12-13H2,1-3H3;2-3,6,10-15H,4-5,7-9H2,1H3,(H2,25,27);4-5,8-12H,6-7H2,1-3H3;4-5,8-12H,6-7H2,1-3H3;5-8H,1-4H3;2H,1H3. The maximum absolute atomic E-state index is 9.53. The molecule has 126 heavy (non-hydrogen) atoms. The van der Waals surface area contributed by atoms with Crippen molar-refractivity contribution in [3.63, 3.8) is 0 Å². The number of aromatic nitrogens is 11. The van der Waals surface area contributed by atoms with Crippen molar-refractivity contribution in [2.75, 3.05) is 12.8 Å². The number of aliphatic hydroxyl groups excluding tert-OH is 1. The van der Waals surface area contributed by atoms with E-state index in [0.29, 0.717) is 11.4 Å². The molecule has 0 unspecified atom stereocenters. The van der Waals surface area contributed by atoms with Crippen LogP contribution in [0.15, 0.2) is 244 Å². The highest BCUT2D eigenvalue weighted by Gasteiger charge is 2.16.